The number of hydrogen-bond acceptors (Lipinski definition) is 10. The van der Waals surface area contributed by atoms with E-state index in [2.05, 4.69) is 26.1 Å². The predicted octanol–water partition coefficient (Wildman–Crippen LogP) is 4.32. The minimum atomic E-state index is -0.712. The minimum absolute atomic E-state index is 0.213. The van der Waals surface area contributed by atoms with E-state index >= 15 is 0 Å². The van der Waals surface area contributed by atoms with Crippen molar-refractivity contribution in [3.8, 4) is 28.4 Å². The molecule has 2 aromatic carbocycles. The number of thioether (sulfide) groups is 1. The van der Waals surface area contributed by atoms with Gasteiger partial charge >= 0.3 is 0 Å². The number of hydrogen-bond donors (Lipinski definition) is 3. The number of rotatable bonds is 12. The van der Waals surface area contributed by atoms with Crippen molar-refractivity contribution in [2.75, 3.05) is 38.7 Å². The maximum atomic E-state index is 13.9. The zero-order chi connectivity index (χ0) is 33.7. The second-order valence-electron chi connectivity index (χ2n) is 11.3. The summed E-state index contributed by atoms with van der Waals surface area (Å²) in [5.74, 6) is 2.21. The Morgan fingerprint density at radius 1 is 1.06 bits per heavy atom. The number of ether oxygens (including phenoxy) is 3. The molecule has 0 spiro atoms. The van der Waals surface area contributed by atoms with Crippen molar-refractivity contribution in [1.82, 2.24) is 25.2 Å². The van der Waals surface area contributed by atoms with E-state index in [1.807, 2.05) is 54.1 Å². The van der Waals surface area contributed by atoms with Crippen LogP contribution >= 0.6 is 11.8 Å². The molecule has 248 valence electrons. The average Bonchev–Trinajstić information content (AvgIpc) is 3.37. The molecule has 0 saturated heterocycles. The van der Waals surface area contributed by atoms with Gasteiger partial charge in [-0.2, -0.15) is 11.8 Å². The van der Waals surface area contributed by atoms with Crippen LogP contribution in [0.25, 0.3) is 16.8 Å². The van der Waals surface area contributed by atoms with Gasteiger partial charge in [-0.3, -0.25) is 18.8 Å². The Bertz CT molecular complexity index is 1850. The third-order valence-corrected chi connectivity index (χ3v) is 8.90. The van der Waals surface area contributed by atoms with Crippen LogP contribution < -0.4 is 35.6 Å². The lowest BCUT2D eigenvalue weighted by Gasteiger charge is -2.21. The molecule has 1 aliphatic carbocycles. The van der Waals surface area contributed by atoms with E-state index in [9.17, 15) is 14.4 Å². The van der Waals surface area contributed by atoms with E-state index in [1.54, 1.807) is 39.2 Å². The smallest absolute Gasteiger partial charge is 0.243 e. The third-order valence-electron chi connectivity index (χ3n) is 8.26. The number of nitrogens with one attached hydrogen (secondary N) is 3. The monoisotopic (exact) mass is 660 g/mol. The summed E-state index contributed by atoms with van der Waals surface area (Å²) >= 11 is 1.61. The molecule has 0 fully saturated rings. The highest BCUT2D eigenvalue weighted by Crippen LogP contribution is 2.50. The number of fused-ring (bicyclic) bond motifs is 4. The molecule has 5 rings (SSSR count). The summed E-state index contributed by atoms with van der Waals surface area (Å²) in [6, 6.07) is 11.0. The summed E-state index contributed by atoms with van der Waals surface area (Å²) in [7, 11) is 4.66. The Hall–Kier alpha value is -4.78. The summed E-state index contributed by atoms with van der Waals surface area (Å²) in [5, 5.41) is 17.8. The van der Waals surface area contributed by atoms with Gasteiger partial charge in [0.1, 0.15) is 6.04 Å². The minimum Gasteiger partial charge on any atom is -0.493 e. The van der Waals surface area contributed by atoms with Gasteiger partial charge in [0.2, 0.25) is 23.0 Å². The molecule has 47 heavy (non-hydrogen) atoms. The van der Waals surface area contributed by atoms with Crippen LogP contribution in [0.3, 0.4) is 0 Å². The van der Waals surface area contributed by atoms with Gasteiger partial charge < -0.3 is 30.2 Å². The number of benzene rings is 1. The summed E-state index contributed by atoms with van der Waals surface area (Å²) in [6.45, 7) is 3.30. The van der Waals surface area contributed by atoms with Gasteiger partial charge in [-0.05, 0) is 85.2 Å². The number of aromatic nitrogens is 3. The average molecular weight is 661 g/mol. The highest BCUT2D eigenvalue weighted by atomic mass is 32.2. The van der Waals surface area contributed by atoms with Crippen molar-refractivity contribution >= 4 is 34.9 Å². The number of amides is 2. The molecular formula is C34H40N6O6S. The first kappa shape index (κ1) is 33.6. The van der Waals surface area contributed by atoms with Gasteiger partial charge in [-0.25, -0.2) is 0 Å². The molecule has 0 radical (unpaired) electrons. The molecule has 0 unspecified atom stereocenters. The molecule has 2 amide bonds. The zero-order valence-corrected chi connectivity index (χ0v) is 28.2. The third kappa shape index (κ3) is 6.99. The molecule has 3 atom stereocenters. The Morgan fingerprint density at radius 2 is 1.85 bits per heavy atom. The lowest BCUT2D eigenvalue weighted by atomic mass is 9.95. The van der Waals surface area contributed by atoms with E-state index in [4.69, 9.17) is 14.2 Å². The van der Waals surface area contributed by atoms with Gasteiger partial charge in [0, 0.05) is 18.7 Å². The number of aryl methyl sites for hydroxylation is 1. The molecule has 13 heteroatoms. The van der Waals surface area contributed by atoms with Crippen molar-refractivity contribution in [3.05, 3.63) is 75.8 Å². The topological polar surface area (TPSA) is 145 Å². The van der Waals surface area contributed by atoms with Gasteiger partial charge in [-0.1, -0.05) is 12.1 Å². The van der Waals surface area contributed by atoms with Crippen molar-refractivity contribution in [2.24, 2.45) is 0 Å². The van der Waals surface area contributed by atoms with Crippen molar-refractivity contribution in [1.29, 1.82) is 0 Å². The Labute approximate surface area is 277 Å². The van der Waals surface area contributed by atoms with Gasteiger partial charge in [0.05, 0.1) is 39.1 Å². The summed E-state index contributed by atoms with van der Waals surface area (Å²) < 4.78 is 19.0. The van der Waals surface area contributed by atoms with E-state index in [0.717, 1.165) is 11.1 Å². The molecular weight excluding hydrogens is 620 g/mol. The number of nitrogens with zero attached hydrogens (tertiary/aromatic N) is 3. The van der Waals surface area contributed by atoms with Crippen molar-refractivity contribution in [2.45, 2.75) is 51.2 Å². The lowest BCUT2D eigenvalue weighted by Crippen LogP contribution is -2.42. The van der Waals surface area contributed by atoms with Crippen LogP contribution in [0, 0.1) is 0 Å². The fraction of sp³-hybridized carbons (Fsp3) is 0.382. The van der Waals surface area contributed by atoms with Crippen LogP contribution in [0.5, 0.6) is 17.2 Å². The van der Waals surface area contributed by atoms with Crippen LogP contribution in [-0.4, -0.2) is 65.8 Å². The second-order valence-corrected chi connectivity index (χ2v) is 12.3. The Balaban J connectivity index is 1.55. The molecule has 0 saturated carbocycles. The molecule has 0 aliphatic heterocycles. The first-order chi connectivity index (χ1) is 22.7. The van der Waals surface area contributed by atoms with E-state index < -0.39 is 18.1 Å². The van der Waals surface area contributed by atoms with E-state index in [-0.39, 0.29) is 22.9 Å². The maximum absolute atomic E-state index is 13.9. The first-order valence-electron chi connectivity index (χ1n) is 15.3. The number of methoxy groups -OCH3 is 3. The number of carbonyl (C=O) groups is 2. The standard InChI is InChI=1S/C34H40N6O6S/c1-19(33-39-38-29-9-7-8-15-40(29)33)35-34(43)26(14-16-47-6)37-25-13-11-22-23(18-27(25)42)24(36-20(2)41)12-10-21-17-28(44-3)31(45-4)32(46-5)30(21)22/h7-9,11,13,15,17-19,24,26H,10,12,14,16H2,1-6H3,(H,35,43)(H,36,41)(H,37,42)/t19-,24-,26-/m1/s1. The largest absolute Gasteiger partial charge is 0.493 e. The summed E-state index contributed by atoms with van der Waals surface area (Å²) in [5.41, 5.74) is 3.64. The SMILES string of the molecule is COc1cc2c(c(OC)c1OC)-c1ccc(N[C@H](CCSC)C(=O)N[C@H](C)c3nnc4ccccn34)c(=O)cc1[C@H](NC(C)=O)CC2. The van der Waals surface area contributed by atoms with Crippen LogP contribution in [-0.2, 0) is 16.0 Å². The summed E-state index contributed by atoms with van der Waals surface area (Å²) in [6.07, 6.45) is 5.42. The van der Waals surface area contributed by atoms with Gasteiger partial charge in [0.25, 0.3) is 0 Å². The van der Waals surface area contributed by atoms with E-state index in [1.165, 1.54) is 13.0 Å². The fourth-order valence-electron chi connectivity index (χ4n) is 6.05. The molecule has 4 aromatic rings. The molecule has 2 heterocycles. The second kappa shape index (κ2) is 14.8. The maximum Gasteiger partial charge on any atom is 0.243 e. The van der Waals surface area contributed by atoms with Crippen LogP contribution in [0.2, 0.25) is 0 Å². The van der Waals surface area contributed by atoms with Crippen LogP contribution in [0.15, 0.2) is 53.5 Å². The van der Waals surface area contributed by atoms with Crippen molar-refractivity contribution < 1.29 is 23.8 Å². The summed E-state index contributed by atoms with van der Waals surface area (Å²) in [4.78, 5) is 39.9. The van der Waals surface area contributed by atoms with E-state index in [0.29, 0.717) is 64.9 Å². The highest BCUT2D eigenvalue weighted by Gasteiger charge is 2.30. The molecule has 3 N–H and O–H groups in total. The molecule has 1 aliphatic rings. The quantitative estimate of drug-likeness (QED) is 0.201. The number of carbonyl (C=O) groups excluding carboxylic acids is 2. The molecule has 0 bridgehead atoms. The van der Waals surface area contributed by atoms with Crippen LogP contribution in [0.4, 0.5) is 5.69 Å². The lowest BCUT2D eigenvalue weighted by molar-refractivity contribution is -0.122. The predicted molar refractivity (Wildman–Crippen MR) is 183 cm³/mol. The normalized spacial score (nSPS) is 15.0. The Morgan fingerprint density at radius 3 is 2.55 bits per heavy atom. The number of pyridine rings is 1. The van der Waals surface area contributed by atoms with Gasteiger partial charge in [0.15, 0.2) is 23.0 Å². The van der Waals surface area contributed by atoms with Crippen molar-refractivity contribution in [3.63, 3.8) is 0 Å². The zero-order valence-electron chi connectivity index (χ0n) is 27.4. The number of anilines is 1. The van der Waals surface area contributed by atoms with Gasteiger partial charge in [-0.15, -0.1) is 10.2 Å². The molecule has 12 nitrogen and oxygen atoms in total. The first-order valence-corrected chi connectivity index (χ1v) is 16.7. The molecule has 2 aromatic heterocycles. The highest BCUT2D eigenvalue weighted by molar-refractivity contribution is 7.98. The fourth-order valence-corrected chi connectivity index (χ4v) is 6.52. The van der Waals surface area contributed by atoms with Crippen LogP contribution in [0.1, 0.15) is 55.7 Å². The Kier molecular flexibility index (Phi) is 10.5.